The van der Waals surface area contributed by atoms with E-state index in [9.17, 15) is 9.90 Å². The summed E-state index contributed by atoms with van der Waals surface area (Å²) in [5.74, 6) is -0.215. The first-order valence-corrected chi connectivity index (χ1v) is 5.10. The number of rotatable bonds is 3. The van der Waals surface area contributed by atoms with Crippen molar-refractivity contribution in [3.63, 3.8) is 0 Å². The van der Waals surface area contributed by atoms with Crippen molar-refractivity contribution < 1.29 is 15.0 Å². The fourth-order valence-corrected chi connectivity index (χ4v) is 1.26. The summed E-state index contributed by atoms with van der Waals surface area (Å²) >= 11 is 1.97. The SMILES string of the molecule is O=C(NCCO)c1ccc(I)c(O)c1. The molecule has 4 nitrogen and oxygen atoms in total. The number of phenolic OH excluding ortho intramolecular Hbond substituents is 1. The maximum atomic E-state index is 11.3. The van der Waals surface area contributed by atoms with Gasteiger partial charge in [-0.2, -0.15) is 0 Å². The Kier molecular flexibility index (Phi) is 4.15. The molecule has 0 radical (unpaired) electrons. The molecule has 0 saturated heterocycles. The maximum absolute atomic E-state index is 11.3. The predicted molar refractivity (Wildman–Crippen MR) is 60.2 cm³/mol. The van der Waals surface area contributed by atoms with Crippen molar-refractivity contribution in [2.24, 2.45) is 0 Å². The van der Waals surface area contributed by atoms with Gasteiger partial charge in [-0.3, -0.25) is 4.79 Å². The second-order valence-electron chi connectivity index (χ2n) is 2.65. The van der Waals surface area contributed by atoms with Crippen molar-refractivity contribution in [3.05, 3.63) is 27.3 Å². The van der Waals surface area contributed by atoms with Crippen molar-refractivity contribution in [2.75, 3.05) is 13.2 Å². The Bertz CT molecular complexity index is 341. The second kappa shape index (κ2) is 5.16. The average Bonchev–Trinajstić information content (AvgIpc) is 2.18. The zero-order valence-corrected chi connectivity index (χ0v) is 9.48. The van der Waals surface area contributed by atoms with Crippen molar-refractivity contribution in [3.8, 4) is 5.75 Å². The van der Waals surface area contributed by atoms with Gasteiger partial charge in [-0.25, -0.2) is 0 Å². The highest BCUT2D eigenvalue weighted by atomic mass is 127. The molecule has 0 spiro atoms. The molecule has 1 rings (SSSR count). The van der Waals surface area contributed by atoms with Gasteiger partial charge in [-0.05, 0) is 40.8 Å². The van der Waals surface area contributed by atoms with Gasteiger partial charge in [0.25, 0.3) is 5.91 Å². The van der Waals surface area contributed by atoms with Crippen LogP contribution in [0.1, 0.15) is 10.4 Å². The fraction of sp³-hybridized carbons (Fsp3) is 0.222. The molecular weight excluding hydrogens is 297 g/mol. The molecule has 0 atom stereocenters. The number of benzene rings is 1. The number of carbonyl (C=O) groups is 1. The van der Waals surface area contributed by atoms with Crippen LogP contribution in [0.4, 0.5) is 0 Å². The number of aliphatic hydroxyl groups excluding tert-OH is 1. The molecule has 0 aliphatic rings. The van der Waals surface area contributed by atoms with Crippen molar-refractivity contribution in [1.29, 1.82) is 0 Å². The average molecular weight is 307 g/mol. The second-order valence-corrected chi connectivity index (χ2v) is 3.81. The summed E-state index contributed by atoms with van der Waals surface area (Å²) in [6, 6.07) is 4.67. The first kappa shape index (κ1) is 11.3. The van der Waals surface area contributed by atoms with Gasteiger partial charge in [-0.15, -0.1) is 0 Å². The first-order valence-electron chi connectivity index (χ1n) is 4.02. The largest absolute Gasteiger partial charge is 0.507 e. The van der Waals surface area contributed by atoms with Crippen LogP contribution in [0.15, 0.2) is 18.2 Å². The molecule has 5 heteroatoms. The van der Waals surface area contributed by atoms with Crippen LogP contribution in [-0.4, -0.2) is 29.3 Å². The lowest BCUT2D eigenvalue weighted by atomic mass is 10.2. The Morgan fingerprint density at radius 1 is 1.50 bits per heavy atom. The molecule has 1 amide bonds. The van der Waals surface area contributed by atoms with E-state index >= 15 is 0 Å². The minimum Gasteiger partial charge on any atom is -0.507 e. The minimum absolute atomic E-state index is 0.0854. The third-order valence-corrected chi connectivity index (χ3v) is 2.52. The van der Waals surface area contributed by atoms with Crippen LogP contribution in [0, 0.1) is 3.57 Å². The summed E-state index contributed by atoms with van der Waals surface area (Å²) in [6.45, 7) is 0.119. The van der Waals surface area contributed by atoms with Crippen LogP contribution < -0.4 is 5.32 Å². The summed E-state index contributed by atoms with van der Waals surface area (Å²) in [4.78, 5) is 11.3. The fourth-order valence-electron chi connectivity index (χ4n) is 0.925. The quantitative estimate of drug-likeness (QED) is 0.721. The Morgan fingerprint density at radius 2 is 2.21 bits per heavy atom. The lowest BCUT2D eigenvalue weighted by molar-refractivity contribution is 0.0944. The number of carbonyl (C=O) groups excluding carboxylic acids is 1. The molecule has 3 N–H and O–H groups in total. The van der Waals surface area contributed by atoms with Gasteiger partial charge in [0.2, 0.25) is 0 Å². The zero-order valence-electron chi connectivity index (χ0n) is 7.33. The molecule has 0 aliphatic carbocycles. The van der Waals surface area contributed by atoms with Crippen LogP contribution in [0.2, 0.25) is 0 Å². The van der Waals surface area contributed by atoms with E-state index in [4.69, 9.17) is 5.11 Å². The van der Waals surface area contributed by atoms with Crippen molar-refractivity contribution in [2.45, 2.75) is 0 Å². The number of hydrogen-bond donors (Lipinski definition) is 3. The van der Waals surface area contributed by atoms with Crippen molar-refractivity contribution in [1.82, 2.24) is 5.32 Å². The van der Waals surface area contributed by atoms with E-state index in [1.165, 1.54) is 6.07 Å². The summed E-state index contributed by atoms with van der Waals surface area (Å²) in [5, 5.41) is 20.3. The van der Waals surface area contributed by atoms with E-state index in [-0.39, 0.29) is 24.8 Å². The maximum Gasteiger partial charge on any atom is 0.251 e. The monoisotopic (exact) mass is 307 g/mol. The van der Waals surface area contributed by atoms with E-state index < -0.39 is 0 Å². The number of aromatic hydroxyl groups is 1. The van der Waals surface area contributed by atoms with Crippen LogP contribution in [0.3, 0.4) is 0 Å². The molecular formula is C9H10INO3. The third kappa shape index (κ3) is 2.85. The van der Waals surface area contributed by atoms with E-state index in [1.54, 1.807) is 12.1 Å². The summed E-state index contributed by atoms with van der Waals surface area (Å²) in [7, 11) is 0. The number of hydrogen-bond acceptors (Lipinski definition) is 3. The molecule has 0 bridgehead atoms. The number of halogens is 1. The lowest BCUT2D eigenvalue weighted by Crippen LogP contribution is -2.26. The molecule has 1 aromatic carbocycles. The molecule has 0 saturated carbocycles. The molecule has 0 heterocycles. The highest BCUT2D eigenvalue weighted by Gasteiger charge is 2.06. The van der Waals surface area contributed by atoms with Gasteiger partial charge >= 0.3 is 0 Å². The van der Waals surface area contributed by atoms with Gasteiger partial charge in [0.15, 0.2) is 0 Å². The number of aliphatic hydroxyl groups is 1. The molecule has 14 heavy (non-hydrogen) atoms. The van der Waals surface area contributed by atoms with Gasteiger partial charge < -0.3 is 15.5 Å². The van der Waals surface area contributed by atoms with Crippen LogP contribution in [-0.2, 0) is 0 Å². The Hall–Kier alpha value is -0.820. The standard InChI is InChI=1S/C9H10INO3/c10-7-2-1-6(5-8(7)13)9(14)11-3-4-12/h1-2,5,12-13H,3-4H2,(H,11,14). The van der Waals surface area contributed by atoms with E-state index in [1.807, 2.05) is 22.6 Å². The van der Waals surface area contributed by atoms with Crippen molar-refractivity contribution >= 4 is 28.5 Å². The van der Waals surface area contributed by atoms with Gasteiger partial charge in [0.1, 0.15) is 5.75 Å². The third-order valence-electron chi connectivity index (χ3n) is 1.61. The Balaban J connectivity index is 2.76. The van der Waals surface area contributed by atoms with Gasteiger partial charge in [-0.1, -0.05) is 0 Å². The number of phenols is 1. The zero-order chi connectivity index (χ0) is 10.6. The normalized spacial score (nSPS) is 9.86. The van der Waals surface area contributed by atoms with Gasteiger partial charge in [0, 0.05) is 12.1 Å². The smallest absolute Gasteiger partial charge is 0.251 e. The topological polar surface area (TPSA) is 69.6 Å². The number of nitrogens with one attached hydrogen (secondary N) is 1. The predicted octanol–water partition coefficient (Wildman–Crippen LogP) is 0.719. The van der Waals surface area contributed by atoms with Crippen LogP contribution in [0.5, 0.6) is 5.75 Å². The van der Waals surface area contributed by atoms with E-state index in [0.29, 0.717) is 9.13 Å². The summed E-state index contributed by atoms with van der Waals surface area (Å²) < 4.78 is 0.696. The number of amides is 1. The highest BCUT2D eigenvalue weighted by Crippen LogP contribution is 2.20. The summed E-state index contributed by atoms with van der Waals surface area (Å²) in [5.41, 5.74) is 0.386. The first-order chi connectivity index (χ1) is 6.65. The van der Waals surface area contributed by atoms with Crippen LogP contribution in [0.25, 0.3) is 0 Å². The minimum atomic E-state index is -0.300. The lowest BCUT2D eigenvalue weighted by Gasteiger charge is -2.04. The molecule has 76 valence electrons. The summed E-state index contributed by atoms with van der Waals surface area (Å²) in [6.07, 6.45) is 0. The van der Waals surface area contributed by atoms with Crippen LogP contribution >= 0.6 is 22.6 Å². The molecule has 0 aromatic heterocycles. The van der Waals surface area contributed by atoms with Gasteiger partial charge in [0.05, 0.1) is 10.2 Å². The molecule has 0 aliphatic heterocycles. The molecule has 0 fully saturated rings. The Labute approximate surface area is 95.1 Å². The molecule has 1 aromatic rings. The van der Waals surface area contributed by atoms with E-state index in [2.05, 4.69) is 5.32 Å². The Morgan fingerprint density at radius 3 is 2.79 bits per heavy atom. The highest BCUT2D eigenvalue weighted by molar-refractivity contribution is 14.1. The van der Waals surface area contributed by atoms with E-state index in [0.717, 1.165) is 0 Å². The molecule has 0 unspecified atom stereocenters.